The largest absolute Gasteiger partial charge is 0.308 e. The summed E-state index contributed by atoms with van der Waals surface area (Å²) >= 11 is 4.54. The zero-order chi connectivity index (χ0) is 14.3. The maximum atomic E-state index is 4.54. The van der Waals surface area contributed by atoms with Gasteiger partial charge in [0, 0.05) is 25.0 Å². The number of benzene rings is 1. The second-order valence-corrected chi connectivity index (χ2v) is 5.85. The first-order chi connectivity index (χ1) is 9.08. The molecular weight excluding hydrogens is 252 g/mol. The Balaban J connectivity index is 2.67. The predicted molar refractivity (Wildman–Crippen MR) is 88.3 cm³/mol. The number of hydrogen-bond donors (Lipinski definition) is 1. The molecule has 0 N–H and O–H groups in total. The molecule has 1 rings (SSSR count). The molecule has 0 heterocycles. The van der Waals surface area contributed by atoms with E-state index in [-0.39, 0.29) is 0 Å². The molecule has 0 aliphatic heterocycles. The van der Waals surface area contributed by atoms with Crippen molar-refractivity contribution in [2.75, 3.05) is 39.5 Å². The Morgan fingerprint density at radius 1 is 1.11 bits per heavy atom. The van der Waals surface area contributed by atoms with E-state index in [0.29, 0.717) is 12.0 Å². The van der Waals surface area contributed by atoms with Crippen molar-refractivity contribution in [2.45, 2.75) is 25.8 Å². The average Bonchev–Trinajstić information content (AvgIpc) is 2.40. The second kappa shape index (κ2) is 8.62. The molecule has 1 aromatic rings. The van der Waals surface area contributed by atoms with Crippen molar-refractivity contribution in [3.63, 3.8) is 0 Å². The fraction of sp³-hybridized carbons (Fsp3) is 0.625. The SMILES string of the molecule is CCN(CC(CS)c1ccccc1)C(C)CN(C)C. The van der Waals surface area contributed by atoms with Gasteiger partial charge in [0.05, 0.1) is 0 Å². The lowest BCUT2D eigenvalue weighted by molar-refractivity contribution is 0.175. The second-order valence-electron chi connectivity index (χ2n) is 5.49. The highest BCUT2D eigenvalue weighted by molar-refractivity contribution is 7.80. The number of thiol groups is 1. The highest BCUT2D eigenvalue weighted by Gasteiger charge is 2.18. The lowest BCUT2D eigenvalue weighted by atomic mass is 10.00. The lowest BCUT2D eigenvalue weighted by Gasteiger charge is -2.32. The van der Waals surface area contributed by atoms with Crippen molar-refractivity contribution in [2.24, 2.45) is 0 Å². The summed E-state index contributed by atoms with van der Waals surface area (Å²) < 4.78 is 0. The standard InChI is InChI=1S/C16H28N2S/c1-5-18(14(2)11-17(3)4)12-16(13-19)15-9-7-6-8-10-15/h6-10,14,16,19H,5,11-13H2,1-4H3. The first-order valence-corrected chi connectivity index (χ1v) is 7.76. The molecule has 0 aliphatic rings. The van der Waals surface area contributed by atoms with Crippen LogP contribution < -0.4 is 0 Å². The molecule has 0 spiro atoms. The topological polar surface area (TPSA) is 6.48 Å². The van der Waals surface area contributed by atoms with E-state index in [4.69, 9.17) is 0 Å². The van der Waals surface area contributed by atoms with E-state index >= 15 is 0 Å². The van der Waals surface area contributed by atoms with E-state index in [9.17, 15) is 0 Å². The minimum absolute atomic E-state index is 0.508. The lowest BCUT2D eigenvalue weighted by Crippen LogP contribution is -2.42. The first-order valence-electron chi connectivity index (χ1n) is 7.13. The van der Waals surface area contributed by atoms with Crippen LogP contribution in [0.15, 0.2) is 30.3 Å². The van der Waals surface area contributed by atoms with Gasteiger partial charge in [0.2, 0.25) is 0 Å². The van der Waals surface area contributed by atoms with Gasteiger partial charge in [0.1, 0.15) is 0 Å². The van der Waals surface area contributed by atoms with Crippen LogP contribution in [0.4, 0.5) is 0 Å². The summed E-state index contributed by atoms with van der Waals surface area (Å²) in [5.41, 5.74) is 1.40. The smallest absolute Gasteiger partial charge is 0.0194 e. The average molecular weight is 280 g/mol. The minimum Gasteiger partial charge on any atom is -0.308 e. The van der Waals surface area contributed by atoms with Crippen molar-refractivity contribution >= 4 is 12.6 Å². The van der Waals surface area contributed by atoms with Crippen LogP contribution >= 0.6 is 12.6 Å². The Bertz CT molecular complexity index is 340. The first kappa shape index (κ1) is 16.5. The Morgan fingerprint density at radius 3 is 2.21 bits per heavy atom. The molecule has 0 aromatic heterocycles. The normalized spacial score (nSPS) is 14.9. The van der Waals surface area contributed by atoms with Crippen LogP contribution in [0.25, 0.3) is 0 Å². The summed E-state index contributed by atoms with van der Waals surface area (Å²) in [4.78, 5) is 4.80. The van der Waals surface area contributed by atoms with Gasteiger partial charge in [-0.15, -0.1) is 0 Å². The van der Waals surface area contributed by atoms with E-state index in [2.05, 4.69) is 80.7 Å². The van der Waals surface area contributed by atoms with Crippen molar-refractivity contribution in [3.05, 3.63) is 35.9 Å². The van der Waals surface area contributed by atoms with Gasteiger partial charge >= 0.3 is 0 Å². The van der Waals surface area contributed by atoms with E-state index < -0.39 is 0 Å². The Kier molecular flexibility index (Phi) is 7.51. The summed E-state index contributed by atoms with van der Waals surface area (Å²) in [6, 6.07) is 11.3. The molecule has 0 bridgehead atoms. The maximum absolute atomic E-state index is 4.54. The Labute approximate surface area is 124 Å². The van der Waals surface area contributed by atoms with E-state index in [1.165, 1.54) is 5.56 Å². The molecular formula is C16H28N2S. The van der Waals surface area contributed by atoms with Crippen LogP contribution in [-0.2, 0) is 0 Å². The summed E-state index contributed by atoms with van der Waals surface area (Å²) in [6.07, 6.45) is 0. The van der Waals surface area contributed by atoms with Gasteiger partial charge in [-0.05, 0) is 38.9 Å². The molecule has 0 saturated carbocycles. The molecule has 2 unspecified atom stereocenters. The van der Waals surface area contributed by atoms with Gasteiger partial charge in [-0.2, -0.15) is 12.6 Å². The number of hydrogen-bond acceptors (Lipinski definition) is 3. The van der Waals surface area contributed by atoms with Gasteiger partial charge in [0.15, 0.2) is 0 Å². The summed E-state index contributed by atoms with van der Waals surface area (Å²) in [6.45, 7) is 7.82. The van der Waals surface area contributed by atoms with E-state index in [0.717, 1.165) is 25.4 Å². The molecule has 19 heavy (non-hydrogen) atoms. The van der Waals surface area contributed by atoms with E-state index in [1.54, 1.807) is 0 Å². The van der Waals surface area contributed by atoms with Gasteiger partial charge in [-0.3, -0.25) is 4.90 Å². The Hall–Kier alpha value is -0.510. The molecule has 0 fully saturated rings. The van der Waals surface area contributed by atoms with Crippen molar-refractivity contribution in [3.8, 4) is 0 Å². The fourth-order valence-electron chi connectivity index (χ4n) is 2.54. The third-order valence-corrected chi connectivity index (χ3v) is 4.05. The minimum atomic E-state index is 0.508. The highest BCUT2D eigenvalue weighted by Crippen LogP contribution is 2.19. The Morgan fingerprint density at radius 2 is 1.74 bits per heavy atom. The van der Waals surface area contributed by atoms with Gasteiger partial charge < -0.3 is 4.90 Å². The summed E-state index contributed by atoms with van der Waals surface area (Å²) in [5.74, 6) is 1.41. The van der Waals surface area contributed by atoms with Crippen LogP contribution in [0.3, 0.4) is 0 Å². The highest BCUT2D eigenvalue weighted by atomic mass is 32.1. The molecule has 1 aromatic carbocycles. The van der Waals surface area contributed by atoms with Gasteiger partial charge in [0.25, 0.3) is 0 Å². The number of likely N-dealkylation sites (N-methyl/N-ethyl adjacent to an activating group) is 2. The third-order valence-electron chi connectivity index (χ3n) is 3.61. The third kappa shape index (κ3) is 5.55. The van der Waals surface area contributed by atoms with Gasteiger partial charge in [-0.1, -0.05) is 37.3 Å². The van der Waals surface area contributed by atoms with Crippen LogP contribution in [0.2, 0.25) is 0 Å². The molecule has 3 heteroatoms. The van der Waals surface area contributed by atoms with E-state index in [1.807, 2.05) is 0 Å². The summed E-state index contributed by atoms with van der Waals surface area (Å²) in [5, 5.41) is 0. The predicted octanol–water partition coefficient (Wildman–Crippen LogP) is 2.97. The van der Waals surface area contributed by atoms with Crippen molar-refractivity contribution in [1.29, 1.82) is 0 Å². The van der Waals surface area contributed by atoms with Crippen LogP contribution in [0, 0.1) is 0 Å². The molecule has 0 amide bonds. The fourth-order valence-corrected chi connectivity index (χ4v) is 2.87. The zero-order valence-electron chi connectivity index (χ0n) is 12.7. The molecule has 2 nitrogen and oxygen atoms in total. The molecule has 108 valence electrons. The molecule has 0 saturated heterocycles. The number of nitrogens with zero attached hydrogens (tertiary/aromatic N) is 2. The molecule has 0 aliphatic carbocycles. The molecule has 2 atom stereocenters. The van der Waals surface area contributed by atoms with Crippen LogP contribution in [0.5, 0.6) is 0 Å². The quantitative estimate of drug-likeness (QED) is 0.731. The number of rotatable bonds is 8. The maximum Gasteiger partial charge on any atom is 0.0194 e. The molecule has 0 radical (unpaired) electrons. The van der Waals surface area contributed by atoms with Crippen molar-refractivity contribution in [1.82, 2.24) is 9.80 Å². The zero-order valence-corrected chi connectivity index (χ0v) is 13.6. The van der Waals surface area contributed by atoms with Crippen LogP contribution in [0.1, 0.15) is 25.3 Å². The van der Waals surface area contributed by atoms with Crippen LogP contribution in [-0.4, -0.2) is 55.3 Å². The monoisotopic (exact) mass is 280 g/mol. The van der Waals surface area contributed by atoms with Gasteiger partial charge in [-0.25, -0.2) is 0 Å². The van der Waals surface area contributed by atoms with Crippen molar-refractivity contribution < 1.29 is 0 Å². The summed E-state index contributed by atoms with van der Waals surface area (Å²) in [7, 11) is 4.27.